The average molecular weight is 452 g/mol. The number of carbonyl (C=O) groups excluding carboxylic acids is 1. The van der Waals surface area contributed by atoms with Gasteiger partial charge in [-0.1, -0.05) is 23.5 Å². The summed E-state index contributed by atoms with van der Waals surface area (Å²) in [5, 5.41) is 11.1. The van der Waals surface area contributed by atoms with E-state index in [0.717, 1.165) is 78.6 Å². The molecule has 0 radical (unpaired) electrons. The number of aryl methyl sites for hydroxylation is 1. The molecule has 0 atom stereocenters. The number of amides is 1. The number of likely N-dealkylation sites (tertiary alicyclic amines) is 1. The summed E-state index contributed by atoms with van der Waals surface area (Å²) in [6.45, 7) is 8.14. The van der Waals surface area contributed by atoms with Crippen LogP contribution in [0.25, 0.3) is 21.5 Å². The van der Waals surface area contributed by atoms with Crippen LogP contribution in [0.3, 0.4) is 0 Å². The van der Waals surface area contributed by atoms with E-state index in [9.17, 15) is 4.79 Å². The number of fused-ring (bicyclic) bond motifs is 1. The Bertz CT molecular complexity index is 1100. The maximum absolute atomic E-state index is 12.9. The van der Waals surface area contributed by atoms with Crippen LogP contribution >= 0.6 is 11.3 Å². The van der Waals surface area contributed by atoms with Gasteiger partial charge < -0.3 is 9.80 Å². The van der Waals surface area contributed by atoms with Gasteiger partial charge in [-0.05, 0) is 32.9 Å². The fourth-order valence-corrected chi connectivity index (χ4v) is 5.30. The normalized spacial score (nSPS) is 19.0. The number of nitrogens with zero attached hydrogens (tertiary/aromatic N) is 7. The smallest absolute Gasteiger partial charge is 0.230 e. The second-order valence-corrected chi connectivity index (χ2v) is 10.00. The predicted molar refractivity (Wildman–Crippen MR) is 126 cm³/mol. The van der Waals surface area contributed by atoms with Gasteiger partial charge in [-0.15, -0.1) is 10.2 Å². The van der Waals surface area contributed by atoms with Gasteiger partial charge in [-0.2, -0.15) is 0 Å². The van der Waals surface area contributed by atoms with Crippen molar-refractivity contribution in [2.75, 3.05) is 46.3 Å². The van der Waals surface area contributed by atoms with Gasteiger partial charge in [-0.3, -0.25) is 9.69 Å². The van der Waals surface area contributed by atoms with Crippen LogP contribution < -0.4 is 0 Å². The Labute approximate surface area is 192 Å². The lowest BCUT2D eigenvalue weighted by atomic mass is 10.0. The number of piperidine rings is 1. The highest BCUT2D eigenvalue weighted by Crippen LogP contribution is 2.26. The Morgan fingerprint density at radius 1 is 1.09 bits per heavy atom. The Morgan fingerprint density at radius 2 is 1.88 bits per heavy atom. The number of rotatable bonds is 4. The SMILES string of the molecule is Cc1nnc(-c2ccc3cnc(CC(=O)N4CCC(N5CCN(C)CC5)CC4)nc3c2)s1. The molecule has 5 rings (SSSR count). The number of aromatic nitrogens is 4. The van der Waals surface area contributed by atoms with Gasteiger partial charge >= 0.3 is 0 Å². The van der Waals surface area contributed by atoms with Crippen LogP contribution in [0.1, 0.15) is 23.7 Å². The van der Waals surface area contributed by atoms with E-state index in [1.165, 1.54) is 0 Å². The first-order valence-electron chi connectivity index (χ1n) is 11.3. The fourth-order valence-electron chi connectivity index (χ4n) is 4.61. The monoisotopic (exact) mass is 451 g/mol. The molecule has 2 aliphatic rings. The van der Waals surface area contributed by atoms with E-state index in [2.05, 4.69) is 37.0 Å². The van der Waals surface area contributed by atoms with Crippen molar-refractivity contribution in [1.29, 1.82) is 0 Å². The zero-order valence-electron chi connectivity index (χ0n) is 18.7. The third-order valence-corrected chi connectivity index (χ3v) is 7.47. The van der Waals surface area contributed by atoms with Crippen molar-refractivity contribution >= 4 is 28.1 Å². The van der Waals surface area contributed by atoms with Crippen molar-refractivity contribution in [3.63, 3.8) is 0 Å². The first kappa shape index (κ1) is 21.4. The Hall–Kier alpha value is -2.49. The van der Waals surface area contributed by atoms with Crippen LogP contribution in [-0.4, -0.2) is 93.1 Å². The van der Waals surface area contributed by atoms with E-state index in [4.69, 9.17) is 0 Å². The van der Waals surface area contributed by atoms with Crippen molar-refractivity contribution < 1.29 is 4.79 Å². The Balaban J connectivity index is 1.22. The number of hydrogen-bond donors (Lipinski definition) is 0. The summed E-state index contributed by atoms with van der Waals surface area (Å²) in [6, 6.07) is 6.62. The van der Waals surface area contributed by atoms with Crippen molar-refractivity contribution in [3.05, 3.63) is 35.2 Å². The number of carbonyl (C=O) groups is 1. The maximum atomic E-state index is 12.9. The zero-order valence-corrected chi connectivity index (χ0v) is 19.5. The molecule has 4 heterocycles. The minimum Gasteiger partial charge on any atom is -0.342 e. The van der Waals surface area contributed by atoms with Crippen molar-refractivity contribution in [2.24, 2.45) is 0 Å². The van der Waals surface area contributed by atoms with Crippen molar-refractivity contribution in [2.45, 2.75) is 32.2 Å². The fraction of sp³-hybridized carbons (Fsp3) is 0.522. The highest BCUT2D eigenvalue weighted by atomic mass is 32.1. The molecule has 8 nitrogen and oxygen atoms in total. The number of benzene rings is 1. The molecule has 168 valence electrons. The topological polar surface area (TPSA) is 78.4 Å². The number of piperazine rings is 1. The number of hydrogen-bond acceptors (Lipinski definition) is 8. The lowest BCUT2D eigenvalue weighted by Gasteiger charge is -2.42. The van der Waals surface area contributed by atoms with Gasteiger partial charge in [0.2, 0.25) is 5.91 Å². The molecule has 0 unspecified atom stereocenters. The standard InChI is InChI=1S/C23H29N7OS/c1-16-26-27-23(32-16)17-3-4-18-15-24-21(25-20(18)13-17)14-22(31)30-7-5-19(6-8-30)29-11-9-28(2)10-12-29/h3-4,13,15,19H,5-12,14H2,1-2H3. The van der Waals surface area contributed by atoms with Gasteiger partial charge in [0.05, 0.1) is 11.9 Å². The highest BCUT2D eigenvalue weighted by Gasteiger charge is 2.28. The molecule has 1 aromatic carbocycles. The molecule has 0 spiro atoms. The van der Waals surface area contributed by atoms with E-state index in [1.54, 1.807) is 17.5 Å². The van der Waals surface area contributed by atoms with Crippen molar-refractivity contribution in [1.82, 2.24) is 34.9 Å². The molecule has 0 saturated carbocycles. The highest BCUT2D eigenvalue weighted by molar-refractivity contribution is 7.14. The first-order valence-corrected chi connectivity index (χ1v) is 12.1. The summed E-state index contributed by atoms with van der Waals surface area (Å²) in [5.74, 6) is 0.700. The molecule has 2 aliphatic heterocycles. The van der Waals surface area contributed by atoms with Gasteiger partial charge in [-0.25, -0.2) is 9.97 Å². The lowest BCUT2D eigenvalue weighted by molar-refractivity contribution is -0.132. The van der Waals surface area contributed by atoms with Crippen LogP contribution in [0.5, 0.6) is 0 Å². The summed E-state index contributed by atoms with van der Waals surface area (Å²) >= 11 is 1.56. The zero-order chi connectivity index (χ0) is 22.1. The molecule has 32 heavy (non-hydrogen) atoms. The van der Waals surface area contributed by atoms with E-state index in [0.29, 0.717) is 11.9 Å². The average Bonchev–Trinajstić information content (AvgIpc) is 3.25. The molecular weight excluding hydrogens is 422 g/mol. The van der Waals surface area contributed by atoms with E-state index in [-0.39, 0.29) is 12.3 Å². The van der Waals surface area contributed by atoms with Gasteiger partial charge in [0.25, 0.3) is 0 Å². The molecular formula is C23H29N7OS. The largest absolute Gasteiger partial charge is 0.342 e. The minimum absolute atomic E-state index is 0.122. The van der Waals surface area contributed by atoms with Gasteiger partial charge in [0.15, 0.2) is 0 Å². The van der Waals surface area contributed by atoms with Crippen LogP contribution in [-0.2, 0) is 11.2 Å². The van der Waals surface area contributed by atoms with Crippen LogP contribution in [0, 0.1) is 6.92 Å². The summed E-state index contributed by atoms with van der Waals surface area (Å²) in [6.07, 6.45) is 4.16. The van der Waals surface area contributed by atoms with E-state index < -0.39 is 0 Å². The molecule has 0 bridgehead atoms. The number of likely N-dealkylation sites (N-methyl/N-ethyl adjacent to an activating group) is 1. The van der Waals surface area contributed by atoms with Gasteiger partial charge in [0, 0.05) is 62.5 Å². The summed E-state index contributed by atoms with van der Waals surface area (Å²) in [5.41, 5.74) is 1.83. The third-order valence-electron chi connectivity index (χ3n) is 6.59. The summed E-state index contributed by atoms with van der Waals surface area (Å²) < 4.78 is 0. The summed E-state index contributed by atoms with van der Waals surface area (Å²) in [7, 11) is 2.19. The molecule has 9 heteroatoms. The maximum Gasteiger partial charge on any atom is 0.230 e. The quantitative estimate of drug-likeness (QED) is 0.602. The molecule has 0 aliphatic carbocycles. The molecule has 2 fully saturated rings. The molecule has 3 aromatic rings. The minimum atomic E-state index is 0.122. The van der Waals surface area contributed by atoms with E-state index in [1.807, 2.05) is 30.0 Å². The van der Waals surface area contributed by atoms with E-state index >= 15 is 0 Å². The molecule has 0 N–H and O–H groups in total. The van der Waals surface area contributed by atoms with Crippen LogP contribution in [0.2, 0.25) is 0 Å². The van der Waals surface area contributed by atoms with Crippen molar-refractivity contribution in [3.8, 4) is 10.6 Å². The lowest BCUT2D eigenvalue weighted by Crippen LogP contribution is -2.53. The Morgan fingerprint density at radius 3 is 2.59 bits per heavy atom. The Kier molecular flexibility index (Phi) is 6.12. The second kappa shape index (κ2) is 9.17. The predicted octanol–water partition coefficient (Wildman–Crippen LogP) is 2.24. The first-order chi connectivity index (χ1) is 15.5. The molecule has 1 amide bonds. The van der Waals surface area contributed by atoms with Crippen LogP contribution in [0.4, 0.5) is 0 Å². The third kappa shape index (κ3) is 4.65. The molecule has 2 aromatic heterocycles. The second-order valence-electron chi connectivity index (χ2n) is 8.81. The van der Waals surface area contributed by atoms with Crippen LogP contribution in [0.15, 0.2) is 24.4 Å². The molecule has 2 saturated heterocycles. The summed E-state index contributed by atoms with van der Waals surface area (Å²) in [4.78, 5) is 29.0. The van der Waals surface area contributed by atoms with Gasteiger partial charge in [0.1, 0.15) is 15.8 Å².